The number of imide groups is 1. The topological polar surface area (TPSA) is 101 Å². The van der Waals surface area contributed by atoms with Crippen LogP contribution in [-0.4, -0.2) is 16.9 Å². The van der Waals surface area contributed by atoms with Crippen LogP contribution in [-0.2, 0) is 0 Å². The molecule has 2 N–H and O–H groups in total. The van der Waals surface area contributed by atoms with E-state index in [4.69, 9.17) is 0 Å². The molecule has 21 heavy (non-hydrogen) atoms. The normalized spacial score (nSPS) is 9.95. The number of hydrogen-bond donors (Lipinski definition) is 2. The molecule has 1 aromatic carbocycles. The second kappa shape index (κ2) is 6.09. The summed E-state index contributed by atoms with van der Waals surface area (Å²) in [6.07, 6.45) is 0. The maximum Gasteiger partial charge on any atom is 0.326 e. The zero-order chi connectivity index (χ0) is 15.4. The van der Waals surface area contributed by atoms with Gasteiger partial charge in [-0.2, -0.15) is 0 Å². The molecule has 108 valence electrons. The number of hydrogen-bond acceptors (Lipinski definition) is 5. The number of benzene rings is 1. The summed E-state index contributed by atoms with van der Waals surface area (Å²) in [6.45, 7) is 0. The molecular formula is C12H8FN3O4S. The third-order valence-corrected chi connectivity index (χ3v) is 3.36. The molecule has 9 heteroatoms. The Morgan fingerprint density at radius 1 is 1.14 bits per heavy atom. The van der Waals surface area contributed by atoms with Crippen molar-refractivity contribution in [3.8, 4) is 0 Å². The molecule has 0 bridgehead atoms. The molecule has 0 fully saturated rings. The lowest BCUT2D eigenvalue weighted by molar-refractivity contribution is -0.380. The van der Waals surface area contributed by atoms with Crippen LogP contribution in [0, 0.1) is 15.9 Å². The van der Waals surface area contributed by atoms with Gasteiger partial charge in [0.1, 0.15) is 5.82 Å². The number of thiophene rings is 1. The Morgan fingerprint density at radius 2 is 1.81 bits per heavy atom. The van der Waals surface area contributed by atoms with E-state index in [2.05, 4.69) is 5.32 Å². The third kappa shape index (κ3) is 3.83. The van der Waals surface area contributed by atoms with Gasteiger partial charge in [-0.15, -0.1) is 0 Å². The minimum atomic E-state index is -0.817. The van der Waals surface area contributed by atoms with Gasteiger partial charge in [0.2, 0.25) is 0 Å². The summed E-state index contributed by atoms with van der Waals surface area (Å²) >= 11 is 0.659. The van der Waals surface area contributed by atoms with E-state index in [1.54, 1.807) is 0 Å². The first kappa shape index (κ1) is 14.6. The summed E-state index contributed by atoms with van der Waals surface area (Å²) in [7, 11) is 0. The summed E-state index contributed by atoms with van der Waals surface area (Å²) in [5, 5.41) is 14.7. The smallest absolute Gasteiger partial charge is 0.308 e. The molecule has 3 amide bonds. The molecule has 2 rings (SSSR count). The molecule has 0 radical (unpaired) electrons. The standard InChI is InChI=1S/C12H8FN3O4S/c13-7-1-3-8(4-2-7)14-12(18)15-11(17)9-5-6-10(21-9)16(19)20/h1-6H,(H2,14,15,17,18). The maximum atomic E-state index is 12.7. The number of nitrogens with zero attached hydrogens (tertiary/aromatic N) is 1. The average molecular weight is 309 g/mol. The van der Waals surface area contributed by atoms with Gasteiger partial charge in [0.25, 0.3) is 5.91 Å². The van der Waals surface area contributed by atoms with Crippen molar-refractivity contribution in [1.82, 2.24) is 5.32 Å². The molecule has 0 unspecified atom stereocenters. The van der Waals surface area contributed by atoms with E-state index in [0.29, 0.717) is 17.0 Å². The highest BCUT2D eigenvalue weighted by Crippen LogP contribution is 2.23. The molecule has 7 nitrogen and oxygen atoms in total. The van der Waals surface area contributed by atoms with Crippen molar-refractivity contribution in [3.63, 3.8) is 0 Å². The fourth-order valence-corrected chi connectivity index (χ4v) is 2.12. The van der Waals surface area contributed by atoms with E-state index in [1.165, 1.54) is 24.3 Å². The Bertz CT molecular complexity index is 699. The van der Waals surface area contributed by atoms with Gasteiger partial charge in [0, 0.05) is 11.8 Å². The highest BCUT2D eigenvalue weighted by Gasteiger charge is 2.17. The Hall–Kier alpha value is -2.81. The zero-order valence-electron chi connectivity index (χ0n) is 10.3. The highest BCUT2D eigenvalue weighted by molar-refractivity contribution is 7.17. The van der Waals surface area contributed by atoms with E-state index in [1.807, 2.05) is 5.32 Å². The molecule has 0 aliphatic heterocycles. The van der Waals surface area contributed by atoms with Gasteiger partial charge in [-0.3, -0.25) is 20.2 Å². The fraction of sp³-hybridized carbons (Fsp3) is 0. The molecule has 0 aliphatic carbocycles. The van der Waals surface area contributed by atoms with Crippen LogP contribution in [0.3, 0.4) is 0 Å². The number of rotatable bonds is 3. The summed E-state index contributed by atoms with van der Waals surface area (Å²) in [5.41, 5.74) is 0.305. The Balaban J connectivity index is 1.96. The van der Waals surface area contributed by atoms with Crippen molar-refractivity contribution in [2.24, 2.45) is 0 Å². The summed E-state index contributed by atoms with van der Waals surface area (Å²) in [4.78, 5) is 33.2. The first-order valence-corrected chi connectivity index (χ1v) is 6.39. The van der Waals surface area contributed by atoms with Crippen molar-refractivity contribution < 1.29 is 18.9 Å². The molecule has 0 saturated carbocycles. The molecular weight excluding hydrogens is 301 g/mol. The Labute approximate surface area is 121 Å². The number of anilines is 1. The van der Waals surface area contributed by atoms with Gasteiger partial charge in [0.15, 0.2) is 0 Å². The second-order valence-electron chi connectivity index (χ2n) is 3.81. The number of urea groups is 1. The molecule has 0 atom stereocenters. The van der Waals surface area contributed by atoms with Crippen LogP contribution in [0.1, 0.15) is 9.67 Å². The number of nitro groups is 1. The number of carbonyl (C=O) groups is 2. The summed E-state index contributed by atoms with van der Waals surface area (Å²) in [5.74, 6) is -1.21. The van der Waals surface area contributed by atoms with E-state index in [0.717, 1.165) is 12.1 Å². The lowest BCUT2D eigenvalue weighted by Gasteiger charge is -2.05. The molecule has 1 aromatic heterocycles. The van der Waals surface area contributed by atoms with Crippen molar-refractivity contribution in [2.45, 2.75) is 0 Å². The second-order valence-corrected chi connectivity index (χ2v) is 4.87. The molecule has 2 aromatic rings. The van der Waals surface area contributed by atoms with Crippen molar-refractivity contribution in [1.29, 1.82) is 0 Å². The summed E-state index contributed by atoms with van der Waals surface area (Å²) < 4.78 is 12.7. The monoisotopic (exact) mass is 309 g/mol. The first-order chi connectivity index (χ1) is 9.95. The van der Waals surface area contributed by atoms with Crippen LogP contribution in [0.25, 0.3) is 0 Å². The quantitative estimate of drug-likeness (QED) is 0.672. The Kier molecular flexibility index (Phi) is 4.24. The first-order valence-electron chi connectivity index (χ1n) is 5.58. The minimum Gasteiger partial charge on any atom is -0.308 e. The van der Waals surface area contributed by atoms with Gasteiger partial charge in [-0.25, -0.2) is 9.18 Å². The Morgan fingerprint density at radius 3 is 2.38 bits per heavy atom. The number of nitrogens with one attached hydrogen (secondary N) is 2. The van der Waals surface area contributed by atoms with Crippen molar-refractivity contribution in [2.75, 3.05) is 5.32 Å². The lowest BCUT2D eigenvalue weighted by atomic mass is 10.3. The molecule has 1 heterocycles. The SMILES string of the molecule is O=C(NC(=O)c1ccc([N+](=O)[O-])s1)Nc1ccc(F)cc1. The van der Waals surface area contributed by atoms with Crippen LogP contribution in [0.15, 0.2) is 36.4 Å². The van der Waals surface area contributed by atoms with Gasteiger partial charge < -0.3 is 5.32 Å². The third-order valence-electron chi connectivity index (χ3n) is 2.32. The highest BCUT2D eigenvalue weighted by atomic mass is 32.1. The summed E-state index contributed by atoms with van der Waals surface area (Å²) in [6, 6.07) is 6.58. The van der Waals surface area contributed by atoms with Gasteiger partial charge in [-0.05, 0) is 30.3 Å². The fourth-order valence-electron chi connectivity index (χ4n) is 1.41. The molecule has 0 aliphatic rings. The van der Waals surface area contributed by atoms with Gasteiger partial charge >= 0.3 is 11.0 Å². The maximum absolute atomic E-state index is 12.7. The zero-order valence-corrected chi connectivity index (χ0v) is 11.1. The van der Waals surface area contributed by atoms with E-state index < -0.39 is 22.7 Å². The van der Waals surface area contributed by atoms with Crippen LogP contribution >= 0.6 is 11.3 Å². The number of carbonyl (C=O) groups excluding carboxylic acids is 2. The van der Waals surface area contributed by atoms with Crippen molar-refractivity contribution >= 4 is 34.0 Å². The predicted octanol–water partition coefficient (Wildman–Crippen LogP) is 2.76. The lowest BCUT2D eigenvalue weighted by Crippen LogP contribution is -2.33. The van der Waals surface area contributed by atoms with E-state index >= 15 is 0 Å². The van der Waals surface area contributed by atoms with Crippen molar-refractivity contribution in [3.05, 3.63) is 57.2 Å². The van der Waals surface area contributed by atoms with Crippen LogP contribution in [0.5, 0.6) is 0 Å². The largest absolute Gasteiger partial charge is 0.326 e. The van der Waals surface area contributed by atoms with Gasteiger partial charge in [-0.1, -0.05) is 11.3 Å². The minimum absolute atomic E-state index is 0.0379. The number of amides is 3. The number of halogens is 1. The van der Waals surface area contributed by atoms with Crippen LogP contribution in [0.4, 0.5) is 19.9 Å². The van der Waals surface area contributed by atoms with Crippen LogP contribution < -0.4 is 10.6 Å². The average Bonchev–Trinajstić information content (AvgIpc) is 2.91. The predicted molar refractivity (Wildman–Crippen MR) is 73.9 cm³/mol. The van der Waals surface area contributed by atoms with Crippen LogP contribution in [0.2, 0.25) is 0 Å². The molecule has 0 spiro atoms. The molecule has 0 saturated heterocycles. The van der Waals surface area contributed by atoms with E-state index in [-0.39, 0.29) is 9.88 Å². The van der Waals surface area contributed by atoms with E-state index in [9.17, 15) is 24.1 Å². The van der Waals surface area contributed by atoms with Gasteiger partial charge in [0.05, 0.1) is 9.80 Å².